The van der Waals surface area contributed by atoms with Crippen LogP contribution in [-0.2, 0) is 4.79 Å². The van der Waals surface area contributed by atoms with Gasteiger partial charge in [0.1, 0.15) is 11.6 Å². The zero-order chi connectivity index (χ0) is 18.4. The molecular weight excluding hydrogens is 347 g/mol. The number of benzene rings is 1. The Bertz CT molecular complexity index is 846. The smallest absolute Gasteiger partial charge is 0.225 e. The Balaban J connectivity index is 1.21. The van der Waals surface area contributed by atoms with E-state index in [0.717, 1.165) is 62.1 Å². The van der Waals surface area contributed by atoms with Gasteiger partial charge in [0.05, 0.1) is 11.0 Å². The van der Waals surface area contributed by atoms with Crippen molar-refractivity contribution in [2.24, 2.45) is 5.92 Å². The topological polar surface area (TPSA) is 85.1 Å². The number of amides is 1. The Morgan fingerprint density at radius 3 is 2.78 bits per heavy atom. The zero-order valence-corrected chi connectivity index (χ0v) is 15.2. The van der Waals surface area contributed by atoms with Crippen LogP contribution >= 0.6 is 0 Å². The number of aromatic amines is 1. The van der Waals surface area contributed by atoms with Crippen molar-refractivity contribution in [2.75, 3.05) is 13.1 Å². The predicted molar refractivity (Wildman–Crippen MR) is 98.9 cm³/mol. The monoisotopic (exact) mass is 372 g/mol. The summed E-state index contributed by atoms with van der Waals surface area (Å²) in [4.78, 5) is 22.9. The van der Waals surface area contributed by atoms with Crippen molar-refractivity contribution in [3.63, 3.8) is 0 Å². The Morgan fingerprint density at radius 1 is 1.11 bits per heavy atom. The summed E-state index contributed by atoms with van der Waals surface area (Å²) < 4.78 is 13.4. The summed E-state index contributed by atoms with van der Waals surface area (Å²) in [5.41, 5.74) is 11.0. The molecule has 4 N–H and O–H groups in total. The SMILES string of the molecule is O=C(C1CCC2NNNC2C1)N1CCC(c2nc3ccc(F)cc3[nH]2)CC1. The van der Waals surface area contributed by atoms with Crippen LogP contribution < -0.4 is 16.4 Å². The van der Waals surface area contributed by atoms with E-state index in [2.05, 4.69) is 26.4 Å². The number of halogens is 1. The number of hydrogen-bond donors (Lipinski definition) is 4. The first-order chi connectivity index (χ1) is 13.2. The molecule has 2 saturated heterocycles. The fourth-order valence-corrected chi connectivity index (χ4v) is 4.78. The molecule has 8 heteroatoms. The lowest BCUT2D eigenvalue weighted by atomic mass is 9.82. The number of hydrogen-bond acceptors (Lipinski definition) is 5. The normalized spacial score (nSPS) is 29.2. The Kier molecular flexibility index (Phi) is 4.34. The summed E-state index contributed by atoms with van der Waals surface area (Å²) in [5.74, 6) is 1.37. The van der Waals surface area contributed by atoms with Crippen LogP contribution in [0, 0.1) is 11.7 Å². The third kappa shape index (κ3) is 3.22. The maximum Gasteiger partial charge on any atom is 0.225 e. The van der Waals surface area contributed by atoms with Crippen LogP contribution in [0.2, 0.25) is 0 Å². The van der Waals surface area contributed by atoms with Crippen molar-refractivity contribution in [3.8, 4) is 0 Å². The van der Waals surface area contributed by atoms with E-state index < -0.39 is 0 Å². The van der Waals surface area contributed by atoms with Gasteiger partial charge in [-0.05, 0) is 50.3 Å². The number of rotatable bonds is 2. The summed E-state index contributed by atoms with van der Waals surface area (Å²) in [7, 11) is 0. The van der Waals surface area contributed by atoms with Gasteiger partial charge in [0, 0.05) is 37.0 Å². The van der Waals surface area contributed by atoms with Gasteiger partial charge in [0.2, 0.25) is 5.91 Å². The van der Waals surface area contributed by atoms with Gasteiger partial charge in [-0.25, -0.2) is 20.2 Å². The molecule has 0 radical (unpaired) electrons. The Hall–Kier alpha value is -2.03. The Morgan fingerprint density at radius 2 is 1.93 bits per heavy atom. The molecule has 1 saturated carbocycles. The molecule has 3 heterocycles. The highest BCUT2D eigenvalue weighted by molar-refractivity contribution is 5.79. The first kappa shape index (κ1) is 17.1. The molecule has 27 heavy (non-hydrogen) atoms. The lowest BCUT2D eigenvalue weighted by Crippen LogP contribution is -2.47. The van der Waals surface area contributed by atoms with Crippen molar-refractivity contribution in [1.82, 2.24) is 31.3 Å². The molecular formula is C19H25FN6O. The van der Waals surface area contributed by atoms with Gasteiger partial charge in [-0.2, -0.15) is 5.53 Å². The Labute approximate surface area is 157 Å². The van der Waals surface area contributed by atoms with E-state index in [4.69, 9.17) is 0 Å². The van der Waals surface area contributed by atoms with Crippen LogP contribution in [0.25, 0.3) is 11.0 Å². The molecule has 2 aromatic rings. The second-order valence-electron chi connectivity index (χ2n) is 8.02. The van der Waals surface area contributed by atoms with Crippen LogP contribution in [0.3, 0.4) is 0 Å². The number of carbonyl (C=O) groups excluding carboxylic acids is 1. The average molecular weight is 372 g/mol. The number of H-pyrrole nitrogens is 1. The molecule has 3 unspecified atom stereocenters. The standard InChI is InChI=1S/C19H25FN6O/c20-13-2-4-14-16(10-13)22-18(21-14)11-5-7-26(8-6-11)19(27)12-1-3-15-17(9-12)24-25-23-15/h2,4,10-12,15,17,23-25H,1,3,5-9H2,(H,21,22). The van der Waals surface area contributed by atoms with Crippen molar-refractivity contribution in [2.45, 2.75) is 50.1 Å². The van der Waals surface area contributed by atoms with Gasteiger partial charge in [0.25, 0.3) is 0 Å². The van der Waals surface area contributed by atoms with Gasteiger partial charge in [-0.3, -0.25) is 4.79 Å². The highest BCUT2D eigenvalue weighted by atomic mass is 19.1. The molecule has 3 atom stereocenters. The lowest BCUT2D eigenvalue weighted by molar-refractivity contribution is -0.138. The number of hydrazine groups is 2. The fourth-order valence-electron chi connectivity index (χ4n) is 4.78. The maximum absolute atomic E-state index is 13.4. The van der Waals surface area contributed by atoms with Crippen LogP contribution in [0.5, 0.6) is 0 Å². The number of nitrogens with one attached hydrogen (secondary N) is 4. The predicted octanol–water partition coefficient (Wildman–Crippen LogP) is 1.56. The average Bonchev–Trinajstić information content (AvgIpc) is 3.33. The minimum atomic E-state index is -0.255. The molecule has 0 spiro atoms. The van der Waals surface area contributed by atoms with E-state index in [1.807, 2.05) is 4.90 Å². The maximum atomic E-state index is 13.4. The molecule has 5 rings (SSSR count). The first-order valence-corrected chi connectivity index (χ1v) is 9.87. The number of nitrogens with zero attached hydrogens (tertiary/aromatic N) is 2. The summed E-state index contributed by atoms with van der Waals surface area (Å²) >= 11 is 0. The number of likely N-dealkylation sites (tertiary alicyclic amines) is 1. The molecule has 3 fully saturated rings. The van der Waals surface area contributed by atoms with E-state index in [0.29, 0.717) is 23.9 Å². The van der Waals surface area contributed by atoms with Crippen molar-refractivity contribution in [3.05, 3.63) is 29.8 Å². The van der Waals surface area contributed by atoms with E-state index >= 15 is 0 Å². The number of carbonyl (C=O) groups is 1. The number of fused-ring (bicyclic) bond motifs is 2. The van der Waals surface area contributed by atoms with E-state index in [-0.39, 0.29) is 11.7 Å². The number of imidazole rings is 1. The minimum Gasteiger partial charge on any atom is -0.342 e. The summed E-state index contributed by atoms with van der Waals surface area (Å²) in [6, 6.07) is 5.40. The second-order valence-corrected chi connectivity index (χ2v) is 8.02. The van der Waals surface area contributed by atoms with Crippen molar-refractivity contribution in [1.29, 1.82) is 0 Å². The molecule has 2 aliphatic heterocycles. The van der Waals surface area contributed by atoms with Crippen LogP contribution in [0.15, 0.2) is 18.2 Å². The third-order valence-electron chi connectivity index (χ3n) is 6.37. The van der Waals surface area contributed by atoms with E-state index in [1.165, 1.54) is 12.1 Å². The third-order valence-corrected chi connectivity index (χ3v) is 6.37. The first-order valence-electron chi connectivity index (χ1n) is 9.87. The van der Waals surface area contributed by atoms with Gasteiger partial charge in [-0.1, -0.05) is 0 Å². The molecule has 1 aliphatic carbocycles. The largest absolute Gasteiger partial charge is 0.342 e. The summed E-state index contributed by atoms with van der Waals surface area (Å²) in [6.45, 7) is 1.53. The highest BCUT2D eigenvalue weighted by Crippen LogP contribution is 2.32. The fraction of sp³-hybridized carbons (Fsp3) is 0.579. The molecule has 0 bridgehead atoms. The van der Waals surface area contributed by atoms with Gasteiger partial charge in [0.15, 0.2) is 0 Å². The molecule has 1 aromatic carbocycles. The molecule has 144 valence electrons. The zero-order valence-electron chi connectivity index (χ0n) is 15.2. The van der Waals surface area contributed by atoms with E-state index in [1.54, 1.807) is 6.07 Å². The summed E-state index contributed by atoms with van der Waals surface area (Å²) in [5, 5.41) is 0. The minimum absolute atomic E-state index is 0.117. The van der Waals surface area contributed by atoms with Gasteiger partial charge in [-0.15, -0.1) is 0 Å². The van der Waals surface area contributed by atoms with E-state index in [9.17, 15) is 9.18 Å². The van der Waals surface area contributed by atoms with Crippen molar-refractivity contribution >= 4 is 16.9 Å². The lowest BCUT2D eigenvalue weighted by Gasteiger charge is -2.36. The van der Waals surface area contributed by atoms with Gasteiger partial charge >= 0.3 is 0 Å². The molecule has 3 aliphatic rings. The quantitative estimate of drug-likeness (QED) is 0.643. The summed E-state index contributed by atoms with van der Waals surface area (Å²) in [6.07, 6.45) is 4.65. The molecule has 1 amide bonds. The molecule has 1 aromatic heterocycles. The second kappa shape index (κ2) is 6.85. The van der Waals surface area contributed by atoms with Crippen LogP contribution in [-0.4, -0.2) is 45.9 Å². The highest BCUT2D eigenvalue weighted by Gasteiger charge is 2.38. The number of aromatic nitrogens is 2. The van der Waals surface area contributed by atoms with Crippen LogP contribution in [0.4, 0.5) is 4.39 Å². The van der Waals surface area contributed by atoms with Crippen molar-refractivity contribution < 1.29 is 9.18 Å². The van der Waals surface area contributed by atoms with Crippen LogP contribution in [0.1, 0.15) is 43.8 Å². The molecule has 7 nitrogen and oxygen atoms in total. The number of piperidine rings is 1. The van der Waals surface area contributed by atoms with Gasteiger partial charge < -0.3 is 9.88 Å².